The highest BCUT2D eigenvalue weighted by Gasteiger charge is 2.16. The second kappa shape index (κ2) is 6.29. The van der Waals surface area contributed by atoms with E-state index in [1.165, 1.54) is 11.9 Å². The van der Waals surface area contributed by atoms with Gasteiger partial charge < -0.3 is 0 Å². The fraction of sp³-hybridized carbons (Fsp3) is 0.400. The van der Waals surface area contributed by atoms with Gasteiger partial charge in [-0.3, -0.25) is 0 Å². The molecule has 5 heteroatoms. The van der Waals surface area contributed by atoms with Crippen LogP contribution in [0.25, 0.3) is 0 Å². The second-order valence-corrected chi connectivity index (χ2v) is 4.05. The number of nitrogens with zero attached hydrogens (tertiary/aromatic N) is 2. The van der Waals surface area contributed by atoms with Crippen LogP contribution in [0.2, 0.25) is 0 Å². The molecule has 0 heterocycles. The van der Waals surface area contributed by atoms with Gasteiger partial charge in [-0.15, -0.1) is 0 Å². The maximum atomic E-state index is 10.8. The molecule has 0 aliphatic heterocycles. The van der Waals surface area contributed by atoms with Crippen molar-refractivity contribution in [2.24, 2.45) is 0 Å². The van der Waals surface area contributed by atoms with Crippen LogP contribution in [0.4, 0.5) is 5.69 Å². The lowest BCUT2D eigenvalue weighted by atomic mass is 10.3. The normalized spacial score (nSPS) is 9.93. The highest BCUT2D eigenvalue weighted by Crippen LogP contribution is 2.22. The van der Waals surface area contributed by atoms with Gasteiger partial charge in [0.25, 0.3) is 0 Å². The van der Waals surface area contributed by atoms with Crippen molar-refractivity contribution >= 4 is 17.6 Å². The molecule has 0 aliphatic rings. The van der Waals surface area contributed by atoms with E-state index in [9.17, 15) is 10.1 Å². The zero-order valence-electron chi connectivity index (χ0n) is 8.63. The summed E-state index contributed by atoms with van der Waals surface area (Å²) in [5, 5.41) is 10.4. The number of anilines is 1. The van der Waals surface area contributed by atoms with E-state index in [0.29, 0.717) is 5.69 Å². The average Bonchev–Trinajstić information content (AvgIpc) is 2.25. The van der Waals surface area contributed by atoms with Crippen LogP contribution in [-0.4, -0.2) is 10.8 Å². The Labute approximate surface area is 93.5 Å². The van der Waals surface area contributed by atoms with Crippen molar-refractivity contribution in [3.8, 4) is 0 Å². The number of para-hydroxylation sites is 1. The Balaban J connectivity index is 2.62. The Hall–Kier alpha value is -1.23. The quantitative estimate of drug-likeness (QED) is 0.323. The summed E-state index contributed by atoms with van der Waals surface area (Å²) in [7, 11) is 0. The zero-order valence-corrected chi connectivity index (χ0v) is 9.44. The number of benzene rings is 1. The fourth-order valence-electron chi connectivity index (χ4n) is 1.07. The van der Waals surface area contributed by atoms with Crippen LogP contribution in [0.5, 0.6) is 0 Å². The molecule has 15 heavy (non-hydrogen) atoms. The number of nitro groups is 1. The van der Waals surface area contributed by atoms with Gasteiger partial charge in [-0.25, -0.2) is 10.1 Å². The van der Waals surface area contributed by atoms with Crippen LogP contribution in [0, 0.1) is 10.1 Å². The third kappa shape index (κ3) is 3.79. The van der Waals surface area contributed by atoms with E-state index in [1.807, 2.05) is 6.07 Å². The standard InChI is InChI=1S/C10H14N2O2S/c1-2-3-9-15-11(12(13)14)10-7-5-4-6-8-10/h4-8H,2-3,9H2,1H3. The molecule has 4 nitrogen and oxygen atoms in total. The van der Waals surface area contributed by atoms with Crippen molar-refractivity contribution in [1.29, 1.82) is 0 Å². The lowest BCUT2D eigenvalue weighted by Crippen LogP contribution is -2.22. The summed E-state index contributed by atoms with van der Waals surface area (Å²) < 4.78 is 1.12. The monoisotopic (exact) mass is 226 g/mol. The van der Waals surface area contributed by atoms with Gasteiger partial charge in [-0.2, -0.15) is 0 Å². The van der Waals surface area contributed by atoms with Crippen molar-refractivity contribution in [2.45, 2.75) is 19.8 Å². The van der Waals surface area contributed by atoms with E-state index >= 15 is 0 Å². The summed E-state index contributed by atoms with van der Waals surface area (Å²) in [5.41, 5.74) is 0.614. The number of hydrogen-bond acceptors (Lipinski definition) is 3. The molecule has 0 saturated carbocycles. The Kier molecular flexibility index (Phi) is 4.97. The van der Waals surface area contributed by atoms with E-state index in [1.54, 1.807) is 24.3 Å². The largest absolute Gasteiger partial charge is 0.234 e. The molecule has 1 aromatic carbocycles. The summed E-state index contributed by atoms with van der Waals surface area (Å²) in [5.74, 6) is 0.770. The fourth-order valence-corrected chi connectivity index (χ4v) is 2.02. The van der Waals surface area contributed by atoms with Gasteiger partial charge >= 0.3 is 0 Å². The van der Waals surface area contributed by atoms with Crippen LogP contribution in [0.15, 0.2) is 30.3 Å². The van der Waals surface area contributed by atoms with Crippen LogP contribution in [-0.2, 0) is 0 Å². The van der Waals surface area contributed by atoms with E-state index in [0.717, 1.165) is 23.0 Å². The molecule has 0 amide bonds. The topological polar surface area (TPSA) is 46.4 Å². The van der Waals surface area contributed by atoms with E-state index < -0.39 is 0 Å². The Morgan fingerprint density at radius 1 is 1.40 bits per heavy atom. The van der Waals surface area contributed by atoms with Crippen molar-refractivity contribution in [3.05, 3.63) is 40.4 Å². The maximum absolute atomic E-state index is 10.8. The summed E-state index contributed by atoms with van der Waals surface area (Å²) in [6, 6.07) is 8.92. The number of hydrazine groups is 1. The van der Waals surface area contributed by atoms with E-state index in [-0.39, 0.29) is 5.03 Å². The van der Waals surface area contributed by atoms with Gasteiger partial charge in [-0.1, -0.05) is 31.5 Å². The van der Waals surface area contributed by atoms with E-state index in [2.05, 4.69) is 6.92 Å². The van der Waals surface area contributed by atoms with Crippen LogP contribution in [0.1, 0.15) is 19.8 Å². The highest BCUT2D eigenvalue weighted by atomic mass is 32.2. The Bertz CT molecular complexity index is 306. The molecule has 82 valence electrons. The number of hydrogen-bond donors (Lipinski definition) is 0. The van der Waals surface area contributed by atoms with Gasteiger partial charge in [0, 0.05) is 17.7 Å². The molecular weight excluding hydrogens is 212 g/mol. The van der Waals surface area contributed by atoms with Gasteiger partial charge in [0.15, 0.2) is 5.03 Å². The molecule has 0 radical (unpaired) electrons. The Morgan fingerprint density at radius 3 is 2.60 bits per heavy atom. The van der Waals surface area contributed by atoms with Crippen LogP contribution >= 0.6 is 11.9 Å². The maximum Gasteiger partial charge on any atom is 0.176 e. The minimum Gasteiger partial charge on any atom is -0.234 e. The molecule has 0 fully saturated rings. The van der Waals surface area contributed by atoms with Crippen molar-refractivity contribution < 1.29 is 5.03 Å². The van der Waals surface area contributed by atoms with Crippen molar-refractivity contribution in [3.63, 3.8) is 0 Å². The second-order valence-electron chi connectivity index (χ2n) is 3.03. The third-order valence-electron chi connectivity index (χ3n) is 1.84. The van der Waals surface area contributed by atoms with Gasteiger partial charge in [0.2, 0.25) is 0 Å². The minimum absolute atomic E-state index is 0.379. The van der Waals surface area contributed by atoms with Crippen molar-refractivity contribution in [1.82, 2.24) is 0 Å². The summed E-state index contributed by atoms with van der Waals surface area (Å²) in [6.45, 7) is 2.07. The average molecular weight is 226 g/mol. The van der Waals surface area contributed by atoms with Gasteiger partial charge in [-0.05, 0) is 23.0 Å². The van der Waals surface area contributed by atoms with Crippen LogP contribution < -0.4 is 4.41 Å². The first-order valence-electron chi connectivity index (χ1n) is 4.88. The first-order chi connectivity index (χ1) is 7.25. The lowest BCUT2D eigenvalue weighted by molar-refractivity contribution is -0.472. The summed E-state index contributed by atoms with van der Waals surface area (Å²) >= 11 is 1.24. The highest BCUT2D eigenvalue weighted by molar-refractivity contribution is 8.00. The first-order valence-corrected chi connectivity index (χ1v) is 5.82. The SMILES string of the molecule is CCCCSN(c1ccccc1)[N+](=O)[O-]. The van der Waals surface area contributed by atoms with E-state index in [4.69, 9.17) is 0 Å². The number of rotatable bonds is 6. The molecule has 0 bridgehead atoms. The lowest BCUT2D eigenvalue weighted by Gasteiger charge is -2.11. The van der Waals surface area contributed by atoms with Crippen molar-refractivity contribution in [2.75, 3.05) is 10.2 Å². The Morgan fingerprint density at radius 2 is 2.07 bits per heavy atom. The molecule has 0 N–H and O–H groups in total. The predicted molar refractivity (Wildman–Crippen MR) is 63.3 cm³/mol. The van der Waals surface area contributed by atoms with Gasteiger partial charge in [0.1, 0.15) is 5.69 Å². The molecule has 1 rings (SSSR count). The molecule has 0 saturated heterocycles. The molecular formula is C10H14N2O2S. The molecule has 0 unspecified atom stereocenters. The molecule has 0 spiro atoms. The van der Waals surface area contributed by atoms with Crippen LogP contribution in [0.3, 0.4) is 0 Å². The molecule has 0 aromatic heterocycles. The first kappa shape index (κ1) is 11.8. The number of unbranched alkanes of at least 4 members (excludes halogenated alkanes) is 1. The smallest absolute Gasteiger partial charge is 0.176 e. The summed E-state index contributed by atoms with van der Waals surface area (Å²) in [6.07, 6.45) is 2.04. The summed E-state index contributed by atoms with van der Waals surface area (Å²) in [4.78, 5) is 10.8. The molecule has 0 atom stereocenters. The predicted octanol–water partition coefficient (Wildman–Crippen LogP) is 3.13. The molecule has 1 aromatic rings. The third-order valence-corrected chi connectivity index (χ3v) is 2.90. The zero-order chi connectivity index (χ0) is 11.1. The molecule has 0 aliphatic carbocycles. The minimum atomic E-state index is -0.379. The van der Waals surface area contributed by atoms with Gasteiger partial charge in [0.05, 0.1) is 0 Å².